The lowest BCUT2D eigenvalue weighted by atomic mass is 11.6. The number of nitrogens with one attached hydrogen (secondary N) is 1. The molecule has 0 saturated carbocycles. The fraction of sp³-hybridized carbons (Fsp3) is 1.00. The summed E-state index contributed by atoms with van der Waals surface area (Å²) in [6.45, 7) is 0. The molecule has 0 aromatic carbocycles. The summed E-state index contributed by atoms with van der Waals surface area (Å²) in [4.78, 5) is 0. The van der Waals surface area contributed by atoms with Gasteiger partial charge in [0.1, 0.15) is 0 Å². The van der Waals surface area contributed by atoms with Gasteiger partial charge in [-0.2, -0.15) is 26.3 Å². The molecule has 0 aliphatic carbocycles. The molecule has 16 heavy (non-hydrogen) atoms. The number of hydrogen-bond donors (Lipinski definition) is 1. The molecule has 0 bridgehead atoms. The maximum absolute atomic E-state index is 11.5. The highest BCUT2D eigenvalue weighted by atomic mass is 32.3. The second-order valence-electron chi connectivity index (χ2n) is 1.98. The lowest BCUT2D eigenvalue weighted by Crippen LogP contribution is -2.45. The molecule has 6 nitrogen and oxygen atoms in total. The molecular formula is C2H3F6NO5S2. The highest BCUT2D eigenvalue weighted by Gasteiger charge is 2.55. The normalized spacial score (nSPS) is 14.4. The van der Waals surface area contributed by atoms with Gasteiger partial charge in [0, 0.05) is 0 Å². The summed E-state index contributed by atoms with van der Waals surface area (Å²) >= 11 is 0. The first kappa shape index (κ1) is 17.8. The quantitative estimate of drug-likeness (QED) is 0.689. The van der Waals surface area contributed by atoms with Gasteiger partial charge in [-0.3, -0.25) is 0 Å². The van der Waals surface area contributed by atoms with Crippen LogP contribution in [0.15, 0.2) is 0 Å². The summed E-state index contributed by atoms with van der Waals surface area (Å²) in [5.41, 5.74) is -12.3. The van der Waals surface area contributed by atoms with Crippen LogP contribution in [-0.2, 0) is 20.0 Å². The zero-order valence-corrected chi connectivity index (χ0v) is 8.35. The number of sulfonamides is 2. The number of halogens is 6. The van der Waals surface area contributed by atoms with Gasteiger partial charge in [0.25, 0.3) is 0 Å². The third kappa shape index (κ3) is 3.76. The molecule has 0 fully saturated rings. The Morgan fingerprint density at radius 3 is 1.00 bits per heavy atom. The van der Waals surface area contributed by atoms with Crippen LogP contribution in [0.5, 0.6) is 0 Å². The van der Waals surface area contributed by atoms with Gasteiger partial charge in [0.2, 0.25) is 0 Å². The van der Waals surface area contributed by atoms with Gasteiger partial charge in [-0.15, -0.1) is 0 Å². The Hall–Kier alpha value is -0.600. The molecule has 14 heteroatoms. The van der Waals surface area contributed by atoms with Crippen LogP contribution in [-0.4, -0.2) is 33.3 Å². The van der Waals surface area contributed by atoms with Crippen LogP contribution in [0.25, 0.3) is 0 Å². The van der Waals surface area contributed by atoms with Gasteiger partial charge < -0.3 is 5.48 Å². The molecule has 0 unspecified atom stereocenters. The SMILES string of the molecule is O.O=S(=O)(NS(=O)(=O)C(F)(F)F)C(F)(F)F. The summed E-state index contributed by atoms with van der Waals surface area (Å²) in [5.74, 6) is 0. The van der Waals surface area contributed by atoms with E-state index in [4.69, 9.17) is 0 Å². The second-order valence-corrected chi connectivity index (χ2v) is 5.59. The summed E-state index contributed by atoms with van der Waals surface area (Å²) in [7, 11) is -13.2. The van der Waals surface area contributed by atoms with Crippen LogP contribution in [0.4, 0.5) is 26.3 Å². The van der Waals surface area contributed by atoms with Gasteiger partial charge in [-0.25, -0.2) is 16.8 Å². The highest BCUT2D eigenvalue weighted by Crippen LogP contribution is 2.27. The Labute approximate surface area is 84.6 Å². The fourth-order valence-electron chi connectivity index (χ4n) is 0.239. The van der Waals surface area contributed by atoms with Crippen molar-refractivity contribution in [1.82, 2.24) is 4.13 Å². The molecular weight excluding hydrogens is 296 g/mol. The average Bonchev–Trinajstić information content (AvgIpc) is 1.77. The van der Waals surface area contributed by atoms with E-state index in [0.29, 0.717) is 0 Å². The molecule has 0 rings (SSSR count). The summed E-state index contributed by atoms with van der Waals surface area (Å²) in [5, 5.41) is 0. The van der Waals surface area contributed by atoms with E-state index >= 15 is 0 Å². The molecule has 0 aromatic rings. The molecule has 0 amide bonds. The zero-order chi connectivity index (χ0) is 12.7. The maximum Gasteiger partial charge on any atom is 0.512 e. The van der Waals surface area contributed by atoms with E-state index in [1.54, 1.807) is 0 Å². The average molecular weight is 299 g/mol. The van der Waals surface area contributed by atoms with Gasteiger partial charge in [-0.1, -0.05) is 4.13 Å². The van der Waals surface area contributed by atoms with E-state index in [0.717, 1.165) is 0 Å². The lowest BCUT2D eigenvalue weighted by Gasteiger charge is -2.11. The van der Waals surface area contributed by atoms with Crippen LogP contribution in [0, 0.1) is 0 Å². The third-order valence-corrected chi connectivity index (χ3v) is 3.80. The van der Waals surface area contributed by atoms with Crippen molar-refractivity contribution in [2.75, 3.05) is 0 Å². The van der Waals surface area contributed by atoms with Gasteiger partial charge in [0.15, 0.2) is 0 Å². The minimum atomic E-state index is -6.60. The number of hydrogen-bond acceptors (Lipinski definition) is 4. The smallest absolute Gasteiger partial charge is 0.412 e. The van der Waals surface area contributed by atoms with E-state index in [9.17, 15) is 43.2 Å². The van der Waals surface area contributed by atoms with Crippen molar-refractivity contribution >= 4 is 20.0 Å². The Bertz CT molecular complexity index is 387. The van der Waals surface area contributed by atoms with Crippen LogP contribution >= 0.6 is 0 Å². The third-order valence-electron chi connectivity index (χ3n) is 0.829. The van der Waals surface area contributed by atoms with E-state index in [1.807, 2.05) is 0 Å². The highest BCUT2D eigenvalue weighted by molar-refractivity contribution is 8.05. The van der Waals surface area contributed by atoms with Gasteiger partial charge in [-0.05, 0) is 0 Å². The first-order chi connectivity index (χ1) is 6.21. The molecule has 0 atom stereocenters. The van der Waals surface area contributed by atoms with Crippen molar-refractivity contribution in [1.29, 1.82) is 0 Å². The summed E-state index contributed by atoms with van der Waals surface area (Å²) in [6, 6.07) is 0. The van der Waals surface area contributed by atoms with Crippen molar-refractivity contribution < 1.29 is 48.7 Å². The lowest BCUT2D eigenvalue weighted by molar-refractivity contribution is -0.0476. The molecule has 0 radical (unpaired) electrons. The molecule has 0 heterocycles. The van der Waals surface area contributed by atoms with E-state index in [1.165, 1.54) is 0 Å². The Balaban J connectivity index is 0. The Morgan fingerprint density at radius 1 is 0.688 bits per heavy atom. The summed E-state index contributed by atoms with van der Waals surface area (Å²) < 4.78 is 108. The van der Waals surface area contributed by atoms with Gasteiger partial charge >= 0.3 is 31.1 Å². The monoisotopic (exact) mass is 299 g/mol. The number of rotatable bonds is 2. The minimum absolute atomic E-state index is 0. The van der Waals surface area contributed by atoms with Crippen molar-refractivity contribution in [3.8, 4) is 0 Å². The van der Waals surface area contributed by atoms with Crippen molar-refractivity contribution in [3.63, 3.8) is 0 Å². The zero-order valence-electron chi connectivity index (χ0n) is 6.72. The first-order valence-corrected chi connectivity index (χ1v) is 5.58. The van der Waals surface area contributed by atoms with Crippen LogP contribution in [0.3, 0.4) is 0 Å². The second kappa shape index (κ2) is 4.34. The van der Waals surface area contributed by atoms with E-state index < -0.39 is 35.2 Å². The van der Waals surface area contributed by atoms with Crippen LogP contribution in [0.2, 0.25) is 0 Å². The Kier molecular flexibility index (Phi) is 4.83. The standard InChI is InChI=1S/C2HF6NO4S2.H2O/c3-1(4,5)14(10,11)9-15(12,13)2(6,7)8;/h9H;1H2. The van der Waals surface area contributed by atoms with E-state index in [-0.39, 0.29) is 5.48 Å². The molecule has 0 spiro atoms. The maximum atomic E-state index is 11.5. The predicted molar refractivity (Wildman–Crippen MR) is 36.7 cm³/mol. The number of alkyl halides is 6. The van der Waals surface area contributed by atoms with E-state index in [2.05, 4.69) is 0 Å². The van der Waals surface area contributed by atoms with Crippen LogP contribution in [0.1, 0.15) is 0 Å². The molecule has 0 aliphatic rings. The first-order valence-electron chi connectivity index (χ1n) is 2.62. The molecule has 100 valence electrons. The van der Waals surface area contributed by atoms with Crippen molar-refractivity contribution in [3.05, 3.63) is 0 Å². The topological polar surface area (TPSA) is 112 Å². The molecule has 0 aromatic heterocycles. The van der Waals surface area contributed by atoms with Crippen LogP contribution < -0.4 is 4.13 Å². The molecule has 0 aliphatic heterocycles. The van der Waals surface area contributed by atoms with Crippen molar-refractivity contribution in [2.45, 2.75) is 11.0 Å². The Morgan fingerprint density at radius 2 is 0.875 bits per heavy atom. The van der Waals surface area contributed by atoms with Gasteiger partial charge in [0.05, 0.1) is 0 Å². The largest absolute Gasteiger partial charge is 0.512 e. The predicted octanol–water partition coefficient (Wildman–Crippen LogP) is -0.549. The summed E-state index contributed by atoms with van der Waals surface area (Å²) in [6.07, 6.45) is 0. The fourth-order valence-corrected chi connectivity index (χ4v) is 2.15. The minimum Gasteiger partial charge on any atom is -0.412 e. The molecule has 0 saturated heterocycles. The van der Waals surface area contributed by atoms with Crippen molar-refractivity contribution in [2.24, 2.45) is 0 Å². The molecule has 3 N–H and O–H groups in total.